The number of rotatable bonds is 5. The molecule has 0 aliphatic carbocycles. The van der Waals surface area contributed by atoms with Gasteiger partial charge in [-0.15, -0.1) is 0 Å². The first kappa shape index (κ1) is 13.4. The Balaban J connectivity index is 1.83. The first-order valence-corrected chi connectivity index (χ1v) is 6.38. The third-order valence-corrected chi connectivity index (χ3v) is 3.09. The van der Waals surface area contributed by atoms with Crippen LogP contribution in [0.4, 0.5) is 0 Å². The summed E-state index contributed by atoms with van der Waals surface area (Å²) in [5.74, 6) is 0. The van der Waals surface area contributed by atoms with Gasteiger partial charge in [0.25, 0.3) is 0 Å². The summed E-state index contributed by atoms with van der Waals surface area (Å²) >= 11 is 0. The zero-order valence-corrected chi connectivity index (χ0v) is 11.1. The Morgan fingerprint density at radius 2 is 2.33 bits per heavy atom. The average Bonchev–Trinajstić information content (AvgIpc) is 2.40. The van der Waals surface area contributed by atoms with E-state index >= 15 is 0 Å². The summed E-state index contributed by atoms with van der Waals surface area (Å²) in [7, 11) is 1.72. The van der Waals surface area contributed by atoms with Crippen molar-refractivity contribution in [1.82, 2.24) is 14.9 Å². The molecule has 5 nitrogen and oxygen atoms in total. The van der Waals surface area contributed by atoms with Crippen LogP contribution in [0.25, 0.3) is 0 Å². The highest BCUT2D eigenvalue weighted by Gasteiger charge is 2.20. The van der Waals surface area contributed by atoms with E-state index in [0.29, 0.717) is 0 Å². The molecular formula is C13H21N3O2. The van der Waals surface area contributed by atoms with Crippen LogP contribution in [0.3, 0.4) is 0 Å². The molecule has 1 aromatic heterocycles. The molecule has 1 aliphatic rings. The number of methoxy groups -OCH3 is 1. The summed E-state index contributed by atoms with van der Waals surface area (Å²) in [6.07, 6.45) is 4.90. The molecule has 0 radical (unpaired) electrons. The minimum atomic E-state index is 0.275. The summed E-state index contributed by atoms with van der Waals surface area (Å²) in [6, 6.07) is 0. The van der Waals surface area contributed by atoms with Crippen LogP contribution in [0.1, 0.15) is 17.8 Å². The Labute approximate surface area is 108 Å². The van der Waals surface area contributed by atoms with Gasteiger partial charge in [-0.3, -0.25) is 14.9 Å². The van der Waals surface area contributed by atoms with Crippen LogP contribution < -0.4 is 0 Å². The summed E-state index contributed by atoms with van der Waals surface area (Å²) in [5.41, 5.74) is 1.98. The first-order valence-electron chi connectivity index (χ1n) is 6.38. The molecule has 1 saturated heterocycles. The highest BCUT2D eigenvalue weighted by Crippen LogP contribution is 2.11. The van der Waals surface area contributed by atoms with Crippen LogP contribution in [-0.2, 0) is 16.0 Å². The number of aryl methyl sites for hydroxylation is 1. The molecule has 0 spiro atoms. The lowest BCUT2D eigenvalue weighted by Crippen LogP contribution is -2.42. The van der Waals surface area contributed by atoms with Crippen LogP contribution in [0.15, 0.2) is 12.4 Å². The predicted molar refractivity (Wildman–Crippen MR) is 68.3 cm³/mol. The van der Waals surface area contributed by atoms with Crippen LogP contribution in [0, 0.1) is 6.92 Å². The molecule has 1 aliphatic heterocycles. The van der Waals surface area contributed by atoms with Crippen molar-refractivity contribution in [2.45, 2.75) is 26.0 Å². The molecule has 18 heavy (non-hydrogen) atoms. The second-order valence-electron chi connectivity index (χ2n) is 4.66. The minimum Gasteiger partial charge on any atom is -0.385 e. The first-order chi connectivity index (χ1) is 8.78. The maximum absolute atomic E-state index is 5.71. The third-order valence-electron chi connectivity index (χ3n) is 3.09. The molecule has 0 N–H and O–H groups in total. The quantitative estimate of drug-likeness (QED) is 0.782. The SMILES string of the molecule is COCC[C@H]1CN(Cc2cnc(C)cn2)CCO1. The molecule has 1 atom stereocenters. The van der Waals surface area contributed by atoms with Crippen molar-refractivity contribution in [3.63, 3.8) is 0 Å². The number of hydrogen-bond acceptors (Lipinski definition) is 5. The Kier molecular flexibility index (Phi) is 5.04. The van der Waals surface area contributed by atoms with Gasteiger partial charge in [0.05, 0.1) is 24.1 Å². The van der Waals surface area contributed by atoms with Gasteiger partial charge in [-0.05, 0) is 13.3 Å². The van der Waals surface area contributed by atoms with Crippen molar-refractivity contribution in [3.05, 3.63) is 23.8 Å². The van der Waals surface area contributed by atoms with Gasteiger partial charge < -0.3 is 9.47 Å². The summed E-state index contributed by atoms with van der Waals surface area (Å²) in [6.45, 7) is 6.24. The van der Waals surface area contributed by atoms with E-state index < -0.39 is 0 Å². The van der Waals surface area contributed by atoms with Gasteiger partial charge in [-0.2, -0.15) is 0 Å². The normalized spacial score (nSPS) is 21.1. The van der Waals surface area contributed by atoms with Gasteiger partial charge in [-0.1, -0.05) is 0 Å². The van der Waals surface area contributed by atoms with Crippen LogP contribution in [0.2, 0.25) is 0 Å². The lowest BCUT2D eigenvalue weighted by Gasteiger charge is -2.32. The molecule has 2 rings (SSSR count). The number of aromatic nitrogens is 2. The standard InChI is InChI=1S/C13H21N3O2/c1-11-7-15-12(8-14-11)9-16-4-6-18-13(10-16)3-5-17-2/h7-8,13H,3-6,9-10H2,1-2H3/t13-/m0/s1. The van der Waals surface area contributed by atoms with Gasteiger partial charge in [0, 0.05) is 45.7 Å². The fourth-order valence-electron chi connectivity index (χ4n) is 2.08. The third kappa shape index (κ3) is 4.01. The highest BCUT2D eigenvalue weighted by molar-refractivity contribution is 5.00. The molecule has 100 valence electrons. The smallest absolute Gasteiger partial charge is 0.0727 e. The van der Waals surface area contributed by atoms with Gasteiger partial charge in [0.2, 0.25) is 0 Å². The average molecular weight is 251 g/mol. The molecule has 0 saturated carbocycles. The molecule has 0 bridgehead atoms. The van der Waals surface area contributed by atoms with E-state index in [4.69, 9.17) is 9.47 Å². The van der Waals surface area contributed by atoms with E-state index in [2.05, 4.69) is 14.9 Å². The summed E-state index contributed by atoms with van der Waals surface area (Å²) in [4.78, 5) is 11.0. The van der Waals surface area contributed by atoms with Crippen molar-refractivity contribution >= 4 is 0 Å². The molecule has 2 heterocycles. The Hall–Kier alpha value is -1.04. The minimum absolute atomic E-state index is 0.275. The zero-order valence-electron chi connectivity index (χ0n) is 11.1. The van der Waals surface area contributed by atoms with Gasteiger partial charge >= 0.3 is 0 Å². The van der Waals surface area contributed by atoms with Crippen molar-refractivity contribution in [2.24, 2.45) is 0 Å². The van der Waals surface area contributed by atoms with Crippen molar-refractivity contribution < 1.29 is 9.47 Å². The molecule has 0 aromatic carbocycles. The number of hydrogen-bond donors (Lipinski definition) is 0. The molecule has 1 fully saturated rings. The Bertz CT molecular complexity index is 356. The molecule has 5 heteroatoms. The lowest BCUT2D eigenvalue weighted by molar-refractivity contribution is -0.0435. The van der Waals surface area contributed by atoms with Crippen molar-refractivity contribution in [3.8, 4) is 0 Å². The molecule has 0 unspecified atom stereocenters. The van der Waals surface area contributed by atoms with E-state index in [-0.39, 0.29) is 6.10 Å². The zero-order chi connectivity index (χ0) is 12.8. The largest absolute Gasteiger partial charge is 0.385 e. The number of morpholine rings is 1. The fraction of sp³-hybridized carbons (Fsp3) is 0.692. The monoisotopic (exact) mass is 251 g/mol. The fourth-order valence-corrected chi connectivity index (χ4v) is 2.08. The van der Waals surface area contributed by atoms with Gasteiger partial charge in [0.15, 0.2) is 0 Å². The van der Waals surface area contributed by atoms with Crippen molar-refractivity contribution in [2.75, 3.05) is 33.4 Å². The molecule has 1 aromatic rings. The second kappa shape index (κ2) is 6.78. The Morgan fingerprint density at radius 1 is 1.44 bits per heavy atom. The van der Waals surface area contributed by atoms with Crippen LogP contribution in [-0.4, -0.2) is 54.4 Å². The van der Waals surface area contributed by atoms with Crippen LogP contribution >= 0.6 is 0 Å². The highest BCUT2D eigenvalue weighted by atomic mass is 16.5. The lowest BCUT2D eigenvalue weighted by atomic mass is 10.2. The van der Waals surface area contributed by atoms with E-state index in [0.717, 1.165) is 50.7 Å². The molecule has 0 amide bonds. The van der Waals surface area contributed by atoms with Crippen LogP contribution in [0.5, 0.6) is 0 Å². The predicted octanol–water partition coefficient (Wildman–Crippen LogP) is 1.02. The van der Waals surface area contributed by atoms with E-state index in [1.54, 1.807) is 7.11 Å². The summed E-state index contributed by atoms with van der Waals surface area (Å²) in [5, 5.41) is 0. The van der Waals surface area contributed by atoms with E-state index in [9.17, 15) is 0 Å². The molecular weight excluding hydrogens is 230 g/mol. The van der Waals surface area contributed by atoms with E-state index in [1.165, 1.54) is 0 Å². The topological polar surface area (TPSA) is 47.5 Å². The van der Waals surface area contributed by atoms with E-state index in [1.807, 2.05) is 19.3 Å². The Morgan fingerprint density at radius 3 is 3.06 bits per heavy atom. The maximum atomic E-state index is 5.71. The second-order valence-corrected chi connectivity index (χ2v) is 4.66. The van der Waals surface area contributed by atoms with Gasteiger partial charge in [-0.25, -0.2) is 0 Å². The van der Waals surface area contributed by atoms with Crippen molar-refractivity contribution in [1.29, 1.82) is 0 Å². The number of ether oxygens (including phenoxy) is 2. The maximum Gasteiger partial charge on any atom is 0.0727 e. The summed E-state index contributed by atoms with van der Waals surface area (Å²) < 4.78 is 10.8. The number of nitrogens with zero attached hydrogens (tertiary/aromatic N) is 3. The van der Waals surface area contributed by atoms with Gasteiger partial charge in [0.1, 0.15) is 0 Å².